The van der Waals surface area contributed by atoms with E-state index < -0.39 is 0 Å². The van der Waals surface area contributed by atoms with Gasteiger partial charge in [0.05, 0.1) is 0 Å². The summed E-state index contributed by atoms with van der Waals surface area (Å²) >= 11 is 0. The summed E-state index contributed by atoms with van der Waals surface area (Å²) in [5.74, 6) is 0. The molecule has 0 saturated heterocycles. The number of unbranched alkanes of at least 4 members (excludes halogenated alkanes) is 4. The minimum atomic E-state index is -0.180. The summed E-state index contributed by atoms with van der Waals surface area (Å²) in [6, 6.07) is 6.57. The second kappa shape index (κ2) is 8.38. The maximum Gasteiger partial charge on any atom is 0.0451 e. The number of benzene rings is 1. The molecule has 0 spiro atoms. The summed E-state index contributed by atoms with van der Waals surface area (Å²) in [6.07, 6.45) is 14.1. The van der Waals surface area contributed by atoms with Gasteiger partial charge in [-0.05, 0) is 30.9 Å². The molecule has 0 radical (unpaired) electrons. The molecule has 1 atom stereocenters. The Balaban J connectivity index is 2.12. The van der Waals surface area contributed by atoms with Gasteiger partial charge >= 0.3 is 0 Å². The average molecular weight is 300 g/mol. The van der Waals surface area contributed by atoms with Crippen LogP contribution in [0.15, 0.2) is 24.3 Å². The van der Waals surface area contributed by atoms with Crippen LogP contribution in [0.1, 0.15) is 76.3 Å². The van der Waals surface area contributed by atoms with Crippen molar-refractivity contribution in [1.29, 1.82) is 0 Å². The molecule has 0 amide bonds. The molecule has 2 heteroatoms. The molecule has 2 rings (SSSR count). The fourth-order valence-corrected chi connectivity index (χ4v) is 3.36. The smallest absolute Gasteiger partial charge is 0.0451 e. The lowest BCUT2D eigenvalue weighted by atomic mass is 9.77. The molecule has 2 nitrogen and oxygen atoms in total. The van der Waals surface area contributed by atoms with E-state index >= 15 is 0 Å². The molecule has 1 aromatic carbocycles. The van der Waals surface area contributed by atoms with Gasteiger partial charge < -0.3 is 11.1 Å². The number of anilines is 1. The molecule has 122 valence electrons. The Morgan fingerprint density at radius 3 is 2.64 bits per heavy atom. The van der Waals surface area contributed by atoms with Crippen molar-refractivity contribution >= 4 is 11.8 Å². The Hall–Kier alpha value is -1.28. The van der Waals surface area contributed by atoms with E-state index in [1.165, 1.54) is 55.3 Å². The van der Waals surface area contributed by atoms with Crippen LogP contribution in [-0.4, -0.2) is 6.54 Å². The lowest BCUT2D eigenvalue weighted by molar-refractivity contribution is 0.390. The van der Waals surface area contributed by atoms with Gasteiger partial charge in [-0.25, -0.2) is 0 Å². The van der Waals surface area contributed by atoms with Crippen LogP contribution in [0.2, 0.25) is 0 Å². The highest BCUT2D eigenvalue weighted by Gasteiger charge is 2.30. The highest BCUT2D eigenvalue weighted by molar-refractivity contribution is 5.72. The van der Waals surface area contributed by atoms with Crippen LogP contribution in [-0.2, 0) is 5.54 Å². The molecule has 0 fully saturated rings. The van der Waals surface area contributed by atoms with Crippen molar-refractivity contribution in [1.82, 2.24) is 0 Å². The van der Waals surface area contributed by atoms with E-state index in [0.29, 0.717) is 0 Å². The molecular weight excluding hydrogens is 268 g/mol. The first-order valence-corrected chi connectivity index (χ1v) is 9.04. The van der Waals surface area contributed by atoms with Gasteiger partial charge in [0.15, 0.2) is 0 Å². The van der Waals surface area contributed by atoms with Crippen molar-refractivity contribution in [2.75, 3.05) is 11.9 Å². The molecule has 22 heavy (non-hydrogen) atoms. The molecule has 1 aromatic rings. The fourth-order valence-electron chi connectivity index (χ4n) is 3.36. The minimum absolute atomic E-state index is 0.180. The summed E-state index contributed by atoms with van der Waals surface area (Å²) < 4.78 is 0. The van der Waals surface area contributed by atoms with Crippen molar-refractivity contribution in [2.24, 2.45) is 5.73 Å². The third-order valence-corrected chi connectivity index (χ3v) is 4.73. The van der Waals surface area contributed by atoms with Crippen LogP contribution in [0, 0.1) is 0 Å². The first-order chi connectivity index (χ1) is 10.7. The molecule has 0 heterocycles. The van der Waals surface area contributed by atoms with Crippen molar-refractivity contribution in [3.05, 3.63) is 35.4 Å². The number of fused-ring (bicyclic) bond motifs is 1. The van der Waals surface area contributed by atoms with E-state index in [1.54, 1.807) is 0 Å². The number of hydrogen-bond donors (Lipinski definition) is 2. The average Bonchev–Trinajstić information content (AvgIpc) is 2.52. The Kier molecular flexibility index (Phi) is 6.50. The zero-order chi connectivity index (χ0) is 15.8. The lowest BCUT2D eigenvalue weighted by Crippen LogP contribution is -2.38. The van der Waals surface area contributed by atoms with Gasteiger partial charge in [-0.1, -0.05) is 70.2 Å². The van der Waals surface area contributed by atoms with E-state index in [2.05, 4.69) is 49.5 Å². The SMILES string of the molecule is CCCCCNc1cccc2c1C=CCC2(N)CCCCC. The number of rotatable bonds is 9. The van der Waals surface area contributed by atoms with Crippen LogP contribution >= 0.6 is 0 Å². The highest BCUT2D eigenvalue weighted by atomic mass is 14.9. The second-order valence-electron chi connectivity index (χ2n) is 6.62. The largest absolute Gasteiger partial charge is 0.385 e. The zero-order valence-electron chi connectivity index (χ0n) is 14.3. The van der Waals surface area contributed by atoms with Gasteiger partial charge in [0.2, 0.25) is 0 Å². The normalized spacial score (nSPS) is 20.0. The first-order valence-electron chi connectivity index (χ1n) is 9.04. The molecule has 1 unspecified atom stereocenters. The maximum atomic E-state index is 6.78. The van der Waals surface area contributed by atoms with E-state index in [-0.39, 0.29) is 5.54 Å². The van der Waals surface area contributed by atoms with Crippen LogP contribution < -0.4 is 11.1 Å². The van der Waals surface area contributed by atoms with E-state index in [0.717, 1.165) is 19.4 Å². The van der Waals surface area contributed by atoms with Crippen molar-refractivity contribution in [2.45, 2.75) is 70.8 Å². The molecule has 1 aliphatic rings. The van der Waals surface area contributed by atoms with Crippen molar-refractivity contribution in [3.8, 4) is 0 Å². The van der Waals surface area contributed by atoms with Crippen molar-refractivity contribution < 1.29 is 0 Å². The number of hydrogen-bond acceptors (Lipinski definition) is 2. The molecular formula is C20H32N2. The van der Waals surface area contributed by atoms with E-state index in [4.69, 9.17) is 5.73 Å². The zero-order valence-corrected chi connectivity index (χ0v) is 14.3. The van der Waals surface area contributed by atoms with Gasteiger partial charge in [0, 0.05) is 23.3 Å². The summed E-state index contributed by atoms with van der Waals surface area (Å²) in [6.45, 7) is 5.54. The quantitative estimate of drug-likeness (QED) is 0.596. The number of nitrogens with two attached hydrogens (primary N) is 1. The van der Waals surface area contributed by atoms with Crippen LogP contribution in [0.3, 0.4) is 0 Å². The van der Waals surface area contributed by atoms with Gasteiger partial charge in [-0.15, -0.1) is 0 Å². The number of nitrogens with one attached hydrogen (secondary N) is 1. The molecule has 0 saturated carbocycles. The third-order valence-electron chi connectivity index (χ3n) is 4.73. The Morgan fingerprint density at radius 2 is 1.86 bits per heavy atom. The Bertz CT molecular complexity index is 492. The monoisotopic (exact) mass is 300 g/mol. The maximum absolute atomic E-state index is 6.78. The van der Waals surface area contributed by atoms with Gasteiger partial charge in [0.25, 0.3) is 0 Å². The van der Waals surface area contributed by atoms with Gasteiger partial charge in [-0.3, -0.25) is 0 Å². The van der Waals surface area contributed by atoms with E-state index in [9.17, 15) is 0 Å². The third kappa shape index (κ3) is 4.13. The molecule has 0 aliphatic heterocycles. The summed E-state index contributed by atoms with van der Waals surface area (Å²) in [5, 5.41) is 3.61. The Morgan fingerprint density at radius 1 is 1.09 bits per heavy atom. The molecule has 3 N–H and O–H groups in total. The predicted octanol–water partition coefficient (Wildman–Crippen LogP) is 5.44. The fraction of sp³-hybridized carbons (Fsp3) is 0.600. The van der Waals surface area contributed by atoms with Crippen molar-refractivity contribution in [3.63, 3.8) is 0 Å². The van der Waals surface area contributed by atoms with E-state index in [1.807, 2.05) is 0 Å². The van der Waals surface area contributed by atoms with Crippen LogP contribution in [0.25, 0.3) is 6.08 Å². The summed E-state index contributed by atoms with van der Waals surface area (Å²) in [7, 11) is 0. The molecule has 0 bridgehead atoms. The van der Waals surface area contributed by atoms with Gasteiger partial charge in [0.1, 0.15) is 0 Å². The van der Waals surface area contributed by atoms with Crippen LogP contribution in [0.4, 0.5) is 5.69 Å². The first kappa shape index (κ1) is 17.1. The topological polar surface area (TPSA) is 38.0 Å². The lowest BCUT2D eigenvalue weighted by Gasteiger charge is -2.34. The minimum Gasteiger partial charge on any atom is -0.385 e. The van der Waals surface area contributed by atoms with Gasteiger partial charge in [-0.2, -0.15) is 0 Å². The predicted molar refractivity (Wildman–Crippen MR) is 98.1 cm³/mol. The highest BCUT2D eigenvalue weighted by Crippen LogP contribution is 2.38. The standard InChI is InChI=1S/C20H32N2/c1-3-5-7-14-20(21)15-10-11-17-18(20)12-9-13-19(17)22-16-8-6-4-2/h9-13,22H,3-8,14-16,21H2,1-2H3. The van der Waals surface area contributed by atoms with Crippen LogP contribution in [0.5, 0.6) is 0 Å². The summed E-state index contributed by atoms with van der Waals surface area (Å²) in [4.78, 5) is 0. The summed E-state index contributed by atoms with van der Waals surface area (Å²) in [5.41, 5.74) is 10.5. The Labute approximate surface area is 136 Å². The molecule has 0 aromatic heterocycles. The second-order valence-corrected chi connectivity index (χ2v) is 6.62. The molecule has 1 aliphatic carbocycles.